The van der Waals surface area contributed by atoms with Crippen molar-refractivity contribution in [1.29, 1.82) is 0 Å². The van der Waals surface area contributed by atoms with Gasteiger partial charge in [-0.3, -0.25) is 4.98 Å². The van der Waals surface area contributed by atoms with Gasteiger partial charge < -0.3 is 24.8 Å². The number of alkyl carbamates (subject to hydrolysis) is 1. The first-order chi connectivity index (χ1) is 11.5. The molecule has 0 bridgehead atoms. The highest BCUT2D eigenvalue weighted by Gasteiger charge is 2.52. The molecular weight excluding hydrogens is 317 g/mol. The number of amides is 3. The van der Waals surface area contributed by atoms with E-state index in [-0.39, 0.29) is 11.8 Å². The maximum Gasteiger partial charge on any atom is 0.407 e. The van der Waals surface area contributed by atoms with E-state index >= 15 is 0 Å². The summed E-state index contributed by atoms with van der Waals surface area (Å²) in [6.45, 7) is 3.68. The van der Waals surface area contributed by atoms with Gasteiger partial charge in [-0.1, -0.05) is 0 Å². The van der Waals surface area contributed by atoms with Crippen LogP contribution >= 0.6 is 0 Å². The third-order valence-electron chi connectivity index (χ3n) is 4.71. The van der Waals surface area contributed by atoms with Gasteiger partial charge in [-0.05, 0) is 0 Å². The lowest BCUT2D eigenvalue weighted by molar-refractivity contribution is 0.0523. The van der Waals surface area contributed by atoms with Crippen molar-refractivity contribution >= 4 is 17.8 Å². The number of nitrogens with one attached hydrogen (secondary N) is 1. The molecule has 1 spiro atoms. The standard InChI is InChI=1S/C15H18FN5O3/c16-11-5-12(7-17-6-11)19-1-3-20(4-2-19)14(23)21-8-15(9-21)10-24-13(22)18-15/h5-7H,1-4,8-10H2,(H,18,22). The molecule has 0 aliphatic carbocycles. The van der Waals surface area contributed by atoms with Gasteiger partial charge in [0.2, 0.25) is 0 Å². The molecule has 0 radical (unpaired) electrons. The molecule has 0 aromatic carbocycles. The number of piperazine rings is 1. The fourth-order valence-corrected chi connectivity index (χ4v) is 3.41. The van der Waals surface area contributed by atoms with Gasteiger partial charge in [0.05, 0.1) is 31.2 Å². The van der Waals surface area contributed by atoms with Crippen molar-refractivity contribution in [2.45, 2.75) is 5.54 Å². The number of likely N-dealkylation sites (tertiary alicyclic amines) is 1. The average Bonchev–Trinajstić information content (AvgIpc) is 2.95. The van der Waals surface area contributed by atoms with Crippen LogP contribution in [0.4, 0.5) is 19.7 Å². The Morgan fingerprint density at radius 3 is 2.58 bits per heavy atom. The third-order valence-corrected chi connectivity index (χ3v) is 4.71. The highest BCUT2D eigenvalue weighted by Crippen LogP contribution is 2.27. The van der Waals surface area contributed by atoms with Crippen LogP contribution in [-0.2, 0) is 4.74 Å². The Kier molecular flexibility index (Phi) is 3.43. The predicted molar refractivity (Wildman–Crippen MR) is 82.2 cm³/mol. The summed E-state index contributed by atoms with van der Waals surface area (Å²) >= 11 is 0. The van der Waals surface area contributed by atoms with E-state index < -0.39 is 11.6 Å². The molecule has 3 amide bonds. The van der Waals surface area contributed by atoms with Gasteiger partial charge in [0.25, 0.3) is 0 Å². The lowest BCUT2D eigenvalue weighted by Gasteiger charge is -2.48. The fourth-order valence-electron chi connectivity index (χ4n) is 3.41. The summed E-state index contributed by atoms with van der Waals surface area (Å²) in [6, 6.07) is 1.42. The molecule has 1 N–H and O–H groups in total. The SMILES string of the molecule is O=C1NC2(CO1)CN(C(=O)N1CCN(c3cncc(F)c3)CC1)C2. The molecule has 128 valence electrons. The van der Waals surface area contributed by atoms with Crippen LogP contribution < -0.4 is 10.2 Å². The summed E-state index contributed by atoms with van der Waals surface area (Å²) in [6.07, 6.45) is 2.39. The number of aromatic nitrogens is 1. The molecule has 8 nitrogen and oxygen atoms in total. The van der Waals surface area contributed by atoms with Gasteiger partial charge in [0, 0.05) is 32.2 Å². The molecule has 3 aliphatic heterocycles. The Hall–Kier alpha value is -2.58. The number of carbonyl (C=O) groups excluding carboxylic acids is 2. The number of nitrogens with zero attached hydrogens (tertiary/aromatic N) is 4. The smallest absolute Gasteiger partial charge is 0.407 e. The molecule has 1 aromatic rings. The molecule has 3 fully saturated rings. The van der Waals surface area contributed by atoms with E-state index in [9.17, 15) is 14.0 Å². The van der Waals surface area contributed by atoms with Crippen LogP contribution in [0.3, 0.4) is 0 Å². The minimum absolute atomic E-state index is 0.0289. The van der Waals surface area contributed by atoms with Gasteiger partial charge in [0.1, 0.15) is 18.0 Å². The monoisotopic (exact) mass is 335 g/mol. The molecular formula is C15H18FN5O3. The number of pyridine rings is 1. The number of rotatable bonds is 1. The van der Waals surface area contributed by atoms with Gasteiger partial charge in [-0.25, -0.2) is 14.0 Å². The number of anilines is 1. The summed E-state index contributed by atoms with van der Waals surface area (Å²) in [5.41, 5.74) is 0.331. The summed E-state index contributed by atoms with van der Waals surface area (Å²) in [5, 5.41) is 2.76. The second-order valence-corrected chi connectivity index (χ2v) is 6.46. The zero-order valence-electron chi connectivity index (χ0n) is 13.1. The third kappa shape index (κ3) is 2.59. The number of ether oxygens (including phenoxy) is 1. The average molecular weight is 335 g/mol. The van der Waals surface area contributed by atoms with Gasteiger partial charge in [-0.15, -0.1) is 0 Å². The molecule has 4 rings (SSSR count). The first-order valence-electron chi connectivity index (χ1n) is 7.89. The lowest BCUT2D eigenvalue weighted by atomic mass is 9.92. The molecule has 9 heteroatoms. The number of hydrogen-bond donors (Lipinski definition) is 1. The van der Waals surface area contributed by atoms with E-state index in [0.717, 1.165) is 5.69 Å². The Morgan fingerprint density at radius 1 is 1.21 bits per heavy atom. The number of urea groups is 1. The number of hydrogen-bond acceptors (Lipinski definition) is 5. The van der Waals surface area contributed by atoms with Crippen molar-refractivity contribution in [3.8, 4) is 0 Å². The van der Waals surface area contributed by atoms with E-state index in [0.29, 0.717) is 45.9 Å². The number of carbonyl (C=O) groups is 2. The topological polar surface area (TPSA) is 78.0 Å². The van der Waals surface area contributed by atoms with Crippen molar-refractivity contribution in [3.05, 3.63) is 24.3 Å². The van der Waals surface area contributed by atoms with Crippen molar-refractivity contribution < 1.29 is 18.7 Å². The first-order valence-corrected chi connectivity index (χ1v) is 7.89. The quantitative estimate of drug-likeness (QED) is 0.796. The normalized spacial score (nSPS) is 22.2. The van der Waals surface area contributed by atoms with Gasteiger partial charge in [-0.2, -0.15) is 0 Å². The Bertz CT molecular complexity index is 671. The molecule has 3 aliphatic rings. The van der Waals surface area contributed by atoms with E-state index in [1.807, 2.05) is 4.90 Å². The largest absolute Gasteiger partial charge is 0.447 e. The van der Waals surface area contributed by atoms with Gasteiger partial charge >= 0.3 is 12.1 Å². The molecule has 4 heterocycles. The summed E-state index contributed by atoms with van der Waals surface area (Å²) in [5.74, 6) is -0.363. The molecule has 24 heavy (non-hydrogen) atoms. The van der Waals surface area contributed by atoms with Crippen LogP contribution in [-0.4, -0.2) is 78.3 Å². The summed E-state index contributed by atoms with van der Waals surface area (Å²) in [7, 11) is 0. The molecule has 1 aromatic heterocycles. The van der Waals surface area contributed by atoms with Crippen molar-refractivity contribution in [2.75, 3.05) is 50.8 Å². The van der Waals surface area contributed by atoms with Crippen LogP contribution in [0.15, 0.2) is 18.5 Å². The lowest BCUT2D eigenvalue weighted by Crippen LogP contribution is -2.72. The Labute approximate surface area is 138 Å². The van der Waals surface area contributed by atoms with E-state index in [4.69, 9.17) is 4.74 Å². The highest BCUT2D eigenvalue weighted by molar-refractivity contribution is 5.78. The summed E-state index contributed by atoms with van der Waals surface area (Å²) in [4.78, 5) is 33.0. The van der Waals surface area contributed by atoms with E-state index in [1.165, 1.54) is 12.3 Å². The Balaban J connectivity index is 1.30. The minimum atomic E-state index is -0.417. The van der Waals surface area contributed by atoms with Crippen molar-refractivity contribution in [1.82, 2.24) is 20.1 Å². The molecule has 0 atom stereocenters. The van der Waals surface area contributed by atoms with E-state index in [1.54, 1.807) is 16.0 Å². The van der Waals surface area contributed by atoms with Crippen LogP contribution in [0.5, 0.6) is 0 Å². The Morgan fingerprint density at radius 2 is 1.96 bits per heavy atom. The second kappa shape index (κ2) is 5.50. The van der Waals surface area contributed by atoms with Gasteiger partial charge in [0.15, 0.2) is 0 Å². The number of halogens is 1. The van der Waals surface area contributed by atoms with Crippen LogP contribution in [0.2, 0.25) is 0 Å². The second-order valence-electron chi connectivity index (χ2n) is 6.46. The highest BCUT2D eigenvalue weighted by atomic mass is 19.1. The first kappa shape index (κ1) is 15.0. The van der Waals surface area contributed by atoms with Crippen LogP contribution in [0.25, 0.3) is 0 Å². The molecule has 0 saturated carbocycles. The number of cyclic esters (lactones) is 1. The molecule has 0 unspecified atom stereocenters. The van der Waals surface area contributed by atoms with Crippen LogP contribution in [0, 0.1) is 5.82 Å². The van der Waals surface area contributed by atoms with Crippen molar-refractivity contribution in [2.24, 2.45) is 0 Å². The van der Waals surface area contributed by atoms with Crippen LogP contribution in [0.1, 0.15) is 0 Å². The fraction of sp³-hybridized carbons (Fsp3) is 0.533. The van der Waals surface area contributed by atoms with E-state index in [2.05, 4.69) is 10.3 Å². The summed E-state index contributed by atoms with van der Waals surface area (Å²) < 4.78 is 18.2. The maximum absolute atomic E-state index is 13.3. The maximum atomic E-state index is 13.3. The zero-order valence-corrected chi connectivity index (χ0v) is 13.1. The zero-order chi connectivity index (χ0) is 16.7. The molecule has 3 saturated heterocycles. The van der Waals surface area contributed by atoms with Crippen molar-refractivity contribution in [3.63, 3.8) is 0 Å². The minimum Gasteiger partial charge on any atom is -0.447 e. The predicted octanol–water partition coefficient (Wildman–Crippen LogP) is 0.257.